The number of ether oxygens (including phenoxy) is 3. The van der Waals surface area contributed by atoms with Gasteiger partial charge in [-0.05, 0) is 60.9 Å². The van der Waals surface area contributed by atoms with Crippen LogP contribution in [0.1, 0.15) is 16.7 Å². The van der Waals surface area contributed by atoms with Crippen LogP contribution in [-0.2, 0) is 4.79 Å². The standard InChI is InChI=1S/C19H21BrN2O4/c1-12-7-15(20)8-13(2)19(12)26-11-18(23)22-21-10-14-5-6-16(24-3)17(9-14)25-4/h5-10H,11H2,1-4H3,(H,22,23)/b21-10+. The van der Waals surface area contributed by atoms with Crippen LogP contribution in [0.15, 0.2) is 39.9 Å². The number of nitrogens with zero attached hydrogens (tertiary/aromatic N) is 1. The maximum atomic E-state index is 11.9. The van der Waals surface area contributed by atoms with Gasteiger partial charge in [-0.3, -0.25) is 4.79 Å². The summed E-state index contributed by atoms with van der Waals surface area (Å²) in [6.07, 6.45) is 1.52. The van der Waals surface area contributed by atoms with E-state index in [9.17, 15) is 4.79 Å². The Bertz CT molecular complexity index is 798. The minimum atomic E-state index is -0.344. The lowest BCUT2D eigenvalue weighted by atomic mass is 10.1. The molecule has 0 saturated carbocycles. The van der Waals surface area contributed by atoms with Crippen molar-refractivity contribution in [3.05, 3.63) is 51.5 Å². The van der Waals surface area contributed by atoms with Crippen LogP contribution in [0.4, 0.5) is 0 Å². The van der Waals surface area contributed by atoms with Crippen LogP contribution in [0, 0.1) is 13.8 Å². The molecular weight excluding hydrogens is 400 g/mol. The van der Waals surface area contributed by atoms with Gasteiger partial charge in [-0.2, -0.15) is 5.10 Å². The van der Waals surface area contributed by atoms with Crippen molar-refractivity contribution in [2.75, 3.05) is 20.8 Å². The molecule has 0 heterocycles. The molecule has 7 heteroatoms. The van der Waals surface area contributed by atoms with E-state index in [2.05, 4.69) is 26.5 Å². The zero-order chi connectivity index (χ0) is 19.1. The van der Waals surface area contributed by atoms with Crippen LogP contribution in [0.25, 0.3) is 0 Å². The molecule has 2 rings (SSSR count). The minimum Gasteiger partial charge on any atom is -0.493 e. The number of aryl methyl sites for hydroxylation is 2. The maximum absolute atomic E-state index is 11.9. The number of methoxy groups -OCH3 is 2. The van der Waals surface area contributed by atoms with Crippen LogP contribution in [0.3, 0.4) is 0 Å². The van der Waals surface area contributed by atoms with Crippen molar-refractivity contribution >= 4 is 28.1 Å². The zero-order valence-corrected chi connectivity index (χ0v) is 16.7. The van der Waals surface area contributed by atoms with E-state index in [0.29, 0.717) is 17.2 Å². The first kappa shape index (κ1) is 19.8. The molecule has 6 nitrogen and oxygen atoms in total. The third kappa shape index (κ3) is 5.23. The van der Waals surface area contributed by atoms with E-state index in [1.54, 1.807) is 26.4 Å². The summed E-state index contributed by atoms with van der Waals surface area (Å²) < 4.78 is 17.0. The first-order valence-corrected chi connectivity index (χ1v) is 8.67. The third-order valence-corrected chi connectivity index (χ3v) is 4.04. The summed E-state index contributed by atoms with van der Waals surface area (Å²) in [7, 11) is 3.13. The summed E-state index contributed by atoms with van der Waals surface area (Å²) >= 11 is 3.43. The molecular formula is C19H21BrN2O4. The minimum absolute atomic E-state index is 0.118. The van der Waals surface area contributed by atoms with Gasteiger partial charge in [0, 0.05) is 4.47 Å². The molecule has 138 valence electrons. The average molecular weight is 421 g/mol. The lowest BCUT2D eigenvalue weighted by Gasteiger charge is -2.11. The van der Waals surface area contributed by atoms with E-state index >= 15 is 0 Å². The molecule has 2 aromatic carbocycles. The molecule has 0 aliphatic heterocycles. The number of rotatable bonds is 7. The largest absolute Gasteiger partial charge is 0.493 e. The number of halogens is 1. The smallest absolute Gasteiger partial charge is 0.277 e. The van der Waals surface area contributed by atoms with E-state index in [1.165, 1.54) is 6.21 Å². The highest BCUT2D eigenvalue weighted by molar-refractivity contribution is 9.10. The van der Waals surface area contributed by atoms with Gasteiger partial charge in [-0.15, -0.1) is 0 Å². The third-order valence-electron chi connectivity index (χ3n) is 3.58. The summed E-state index contributed by atoms with van der Waals surface area (Å²) in [5, 5.41) is 3.94. The van der Waals surface area contributed by atoms with Crippen molar-refractivity contribution in [3.63, 3.8) is 0 Å². The Balaban J connectivity index is 1.92. The van der Waals surface area contributed by atoms with Crippen LogP contribution >= 0.6 is 15.9 Å². The Morgan fingerprint density at radius 1 is 1.12 bits per heavy atom. The van der Waals surface area contributed by atoms with Gasteiger partial charge in [0.2, 0.25) is 0 Å². The molecule has 0 aliphatic rings. The number of carbonyl (C=O) groups excluding carboxylic acids is 1. The fourth-order valence-corrected chi connectivity index (χ4v) is 3.09. The topological polar surface area (TPSA) is 69.2 Å². The first-order valence-electron chi connectivity index (χ1n) is 7.88. The fourth-order valence-electron chi connectivity index (χ4n) is 2.41. The van der Waals surface area contributed by atoms with Crippen LogP contribution in [-0.4, -0.2) is 32.9 Å². The molecule has 1 amide bonds. The van der Waals surface area contributed by atoms with Gasteiger partial charge in [0.15, 0.2) is 18.1 Å². The molecule has 2 aromatic rings. The number of benzene rings is 2. The lowest BCUT2D eigenvalue weighted by molar-refractivity contribution is -0.123. The summed E-state index contributed by atoms with van der Waals surface area (Å²) in [4.78, 5) is 11.9. The van der Waals surface area contributed by atoms with Crippen LogP contribution < -0.4 is 19.6 Å². The normalized spacial score (nSPS) is 10.7. The molecule has 26 heavy (non-hydrogen) atoms. The Hall–Kier alpha value is -2.54. The van der Waals surface area contributed by atoms with Crippen molar-refractivity contribution < 1.29 is 19.0 Å². The Morgan fingerprint density at radius 3 is 2.38 bits per heavy atom. The van der Waals surface area contributed by atoms with Gasteiger partial charge in [0.1, 0.15) is 5.75 Å². The predicted molar refractivity (Wildman–Crippen MR) is 104 cm³/mol. The van der Waals surface area contributed by atoms with Gasteiger partial charge in [0.25, 0.3) is 5.91 Å². The average Bonchev–Trinajstić information content (AvgIpc) is 2.60. The molecule has 0 saturated heterocycles. The van der Waals surface area contributed by atoms with Gasteiger partial charge in [-0.25, -0.2) is 5.43 Å². The summed E-state index contributed by atoms with van der Waals surface area (Å²) in [6.45, 7) is 3.74. The molecule has 0 unspecified atom stereocenters. The molecule has 0 spiro atoms. The molecule has 0 aromatic heterocycles. The number of hydrogen-bond donors (Lipinski definition) is 1. The molecule has 0 radical (unpaired) electrons. The molecule has 1 N–H and O–H groups in total. The van der Waals surface area contributed by atoms with E-state index in [-0.39, 0.29) is 12.5 Å². The van der Waals surface area contributed by atoms with Gasteiger partial charge in [0.05, 0.1) is 20.4 Å². The first-order chi connectivity index (χ1) is 12.4. The second kappa shape index (κ2) is 9.24. The highest BCUT2D eigenvalue weighted by Crippen LogP contribution is 2.27. The highest BCUT2D eigenvalue weighted by Gasteiger charge is 2.08. The van der Waals surface area contributed by atoms with Gasteiger partial charge < -0.3 is 14.2 Å². The van der Waals surface area contributed by atoms with E-state index in [4.69, 9.17) is 14.2 Å². The molecule has 0 atom stereocenters. The quantitative estimate of drug-likeness (QED) is 0.548. The maximum Gasteiger partial charge on any atom is 0.277 e. The Kier molecular flexibility index (Phi) is 7.03. The van der Waals surface area contributed by atoms with Gasteiger partial charge in [-0.1, -0.05) is 15.9 Å². The monoisotopic (exact) mass is 420 g/mol. The van der Waals surface area contributed by atoms with Crippen molar-refractivity contribution in [1.29, 1.82) is 0 Å². The SMILES string of the molecule is COc1ccc(/C=N/NC(=O)COc2c(C)cc(Br)cc2C)cc1OC. The lowest BCUT2D eigenvalue weighted by Crippen LogP contribution is -2.25. The summed E-state index contributed by atoms with van der Waals surface area (Å²) in [5.41, 5.74) is 5.12. The molecule has 0 bridgehead atoms. The second-order valence-electron chi connectivity index (χ2n) is 5.56. The number of amides is 1. The van der Waals surface area contributed by atoms with Gasteiger partial charge >= 0.3 is 0 Å². The Labute approximate surface area is 161 Å². The molecule has 0 aliphatic carbocycles. The van der Waals surface area contributed by atoms with E-state index < -0.39 is 0 Å². The number of hydrogen-bond acceptors (Lipinski definition) is 5. The Morgan fingerprint density at radius 2 is 1.77 bits per heavy atom. The number of hydrazone groups is 1. The van der Waals surface area contributed by atoms with E-state index in [1.807, 2.05) is 32.0 Å². The predicted octanol–water partition coefficient (Wildman–Crippen LogP) is 3.61. The number of carbonyl (C=O) groups is 1. The highest BCUT2D eigenvalue weighted by atomic mass is 79.9. The van der Waals surface area contributed by atoms with Crippen molar-refractivity contribution in [2.24, 2.45) is 5.10 Å². The summed E-state index contributed by atoms with van der Waals surface area (Å²) in [5.74, 6) is 1.57. The second-order valence-corrected chi connectivity index (χ2v) is 6.48. The van der Waals surface area contributed by atoms with Crippen molar-refractivity contribution in [2.45, 2.75) is 13.8 Å². The fraction of sp³-hybridized carbons (Fsp3) is 0.263. The summed E-state index contributed by atoms with van der Waals surface area (Å²) in [6, 6.07) is 9.22. The zero-order valence-electron chi connectivity index (χ0n) is 15.1. The van der Waals surface area contributed by atoms with Crippen molar-refractivity contribution in [3.8, 4) is 17.2 Å². The van der Waals surface area contributed by atoms with Crippen LogP contribution in [0.5, 0.6) is 17.2 Å². The van der Waals surface area contributed by atoms with Crippen LogP contribution in [0.2, 0.25) is 0 Å². The van der Waals surface area contributed by atoms with Crippen molar-refractivity contribution in [1.82, 2.24) is 5.43 Å². The molecule has 0 fully saturated rings. The van der Waals surface area contributed by atoms with E-state index in [0.717, 1.165) is 21.2 Å². The number of nitrogens with one attached hydrogen (secondary N) is 1.